The maximum atomic E-state index is 13.2. The Morgan fingerprint density at radius 3 is 2.21 bits per heavy atom. The summed E-state index contributed by atoms with van der Waals surface area (Å²) in [6.07, 6.45) is -4.47. The summed E-state index contributed by atoms with van der Waals surface area (Å²) in [6.45, 7) is 0. The lowest BCUT2D eigenvalue weighted by atomic mass is 10.0. The first kappa shape index (κ1) is 13.7. The largest absolute Gasteiger partial charge is 0.416 e. The van der Waals surface area contributed by atoms with E-state index in [0.717, 1.165) is 24.3 Å². The first-order chi connectivity index (χ1) is 8.79. The molecular weight excluding hydrogens is 282 g/mol. The third kappa shape index (κ3) is 2.81. The van der Waals surface area contributed by atoms with Gasteiger partial charge in [0.25, 0.3) is 0 Å². The Labute approximate surface area is 111 Å². The number of rotatable bonds is 1. The van der Waals surface area contributed by atoms with Gasteiger partial charge in [-0.1, -0.05) is 17.7 Å². The molecule has 0 saturated carbocycles. The molecule has 1 nitrogen and oxygen atoms in total. The monoisotopic (exact) mass is 289 g/mol. The maximum absolute atomic E-state index is 13.2. The van der Waals surface area contributed by atoms with E-state index < -0.39 is 17.6 Å². The second kappa shape index (κ2) is 4.74. The smallest absolute Gasteiger partial charge is 0.398 e. The van der Waals surface area contributed by atoms with E-state index in [4.69, 9.17) is 17.3 Å². The van der Waals surface area contributed by atoms with Gasteiger partial charge in [-0.2, -0.15) is 13.2 Å². The van der Waals surface area contributed by atoms with Crippen molar-refractivity contribution in [1.82, 2.24) is 0 Å². The van der Waals surface area contributed by atoms with Gasteiger partial charge >= 0.3 is 6.18 Å². The van der Waals surface area contributed by atoms with E-state index in [2.05, 4.69) is 0 Å². The standard InChI is InChI=1S/C13H8ClF4N/c14-11-4-2-8(15)6-10(11)9-3-1-7(5-12(9)19)13(16,17)18/h1-6H,19H2. The third-order valence-corrected chi connectivity index (χ3v) is 2.93. The third-order valence-electron chi connectivity index (χ3n) is 2.60. The summed E-state index contributed by atoms with van der Waals surface area (Å²) in [5, 5.41) is 0.216. The predicted octanol–water partition coefficient (Wildman–Crippen LogP) is 4.75. The Morgan fingerprint density at radius 2 is 1.63 bits per heavy atom. The van der Waals surface area contributed by atoms with Crippen molar-refractivity contribution in [2.75, 3.05) is 5.73 Å². The van der Waals surface area contributed by atoms with Crippen molar-refractivity contribution in [1.29, 1.82) is 0 Å². The van der Waals surface area contributed by atoms with Crippen LogP contribution in [0.15, 0.2) is 36.4 Å². The Balaban J connectivity index is 2.55. The van der Waals surface area contributed by atoms with E-state index in [1.54, 1.807) is 0 Å². The molecule has 6 heteroatoms. The lowest BCUT2D eigenvalue weighted by molar-refractivity contribution is -0.137. The van der Waals surface area contributed by atoms with Crippen molar-refractivity contribution in [3.8, 4) is 11.1 Å². The summed E-state index contributed by atoms with van der Waals surface area (Å²) in [6, 6.07) is 6.47. The number of nitrogen functional groups attached to an aromatic ring is 1. The summed E-state index contributed by atoms with van der Waals surface area (Å²) in [7, 11) is 0. The summed E-state index contributed by atoms with van der Waals surface area (Å²) in [4.78, 5) is 0. The summed E-state index contributed by atoms with van der Waals surface area (Å²) < 4.78 is 50.7. The van der Waals surface area contributed by atoms with Crippen LogP contribution < -0.4 is 5.73 Å². The second-order valence-corrected chi connectivity index (χ2v) is 4.33. The minimum Gasteiger partial charge on any atom is -0.398 e. The number of hydrogen-bond acceptors (Lipinski definition) is 1. The fourth-order valence-corrected chi connectivity index (χ4v) is 1.91. The van der Waals surface area contributed by atoms with Gasteiger partial charge < -0.3 is 5.73 Å². The molecule has 0 atom stereocenters. The number of benzene rings is 2. The molecule has 0 amide bonds. The molecule has 2 aromatic carbocycles. The molecule has 0 aromatic heterocycles. The van der Waals surface area contributed by atoms with Gasteiger partial charge in [0.15, 0.2) is 0 Å². The molecule has 19 heavy (non-hydrogen) atoms. The molecule has 0 aliphatic rings. The van der Waals surface area contributed by atoms with Crippen LogP contribution in [0.25, 0.3) is 11.1 Å². The van der Waals surface area contributed by atoms with Gasteiger partial charge in [-0.05, 0) is 30.3 Å². The molecule has 0 unspecified atom stereocenters. The van der Waals surface area contributed by atoms with Crippen LogP contribution in [0.4, 0.5) is 23.2 Å². The fraction of sp³-hybridized carbons (Fsp3) is 0.0769. The molecule has 100 valence electrons. The van der Waals surface area contributed by atoms with Crippen LogP contribution in [0.1, 0.15) is 5.56 Å². The summed E-state index contributed by atoms with van der Waals surface area (Å²) >= 11 is 5.89. The number of halogens is 5. The zero-order valence-electron chi connectivity index (χ0n) is 9.43. The average molecular weight is 290 g/mol. The van der Waals surface area contributed by atoms with Crippen LogP contribution in [0.5, 0.6) is 0 Å². The van der Waals surface area contributed by atoms with E-state index in [-0.39, 0.29) is 21.8 Å². The SMILES string of the molecule is Nc1cc(C(F)(F)F)ccc1-c1cc(F)ccc1Cl. The number of alkyl halides is 3. The molecule has 0 aliphatic carbocycles. The number of nitrogens with two attached hydrogens (primary N) is 1. The van der Waals surface area contributed by atoms with Crippen LogP contribution in [0.3, 0.4) is 0 Å². The van der Waals surface area contributed by atoms with Crippen molar-refractivity contribution in [2.24, 2.45) is 0 Å². The quantitative estimate of drug-likeness (QED) is 0.595. The zero-order valence-corrected chi connectivity index (χ0v) is 10.2. The highest BCUT2D eigenvalue weighted by atomic mass is 35.5. The molecule has 0 heterocycles. The molecule has 2 aromatic rings. The van der Waals surface area contributed by atoms with Gasteiger partial charge in [-0.25, -0.2) is 4.39 Å². The highest BCUT2D eigenvalue weighted by molar-refractivity contribution is 6.33. The molecule has 0 saturated heterocycles. The number of anilines is 1. The van der Waals surface area contributed by atoms with Crippen LogP contribution in [-0.2, 0) is 6.18 Å². The normalized spacial score (nSPS) is 11.6. The Morgan fingerprint density at radius 1 is 0.947 bits per heavy atom. The topological polar surface area (TPSA) is 26.0 Å². The number of hydrogen-bond donors (Lipinski definition) is 1. The summed E-state index contributed by atoms with van der Waals surface area (Å²) in [5.41, 5.74) is 5.14. The molecule has 0 bridgehead atoms. The van der Waals surface area contributed by atoms with E-state index in [1.807, 2.05) is 0 Å². The van der Waals surface area contributed by atoms with Gasteiger partial charge in [0, 0.05) is 21.8 Å². The molecule has 0 spiro atoms. The van der Waals surface area contributed by atoms with Gasteiger partial charge in [-0.3, -0.25) is 0 Å². The zero-order chi connectivity index (χ0) is 14.2. The van der Waals surface area contributed by atoms with Gasteiger partial charge in [0.2, 0.25) is 0 Å². The van der Waals surface area contributed by atoms with Crippen LogP contribution in [0.2, 0.25) is 5.02 Å². The molecule has 0 aliphatic heterocycles. The first-order valence-electron chi connectivity index (χ1n) is 5.21. The maximum Gasteiger partial charge on any atom is 0.416 e. The molecule has 2 N–H and O–H groups in total. The van der Waals surface area contributed by atoms with Gasteiger partial charge in [-0.15, -0.1) is 0 Å². The summed E-state index contributed by atoms with van der Waals surface area (Å²) in [5.74, 6) is -0.543. The molecular formula is C13H8ClF4N. The van der Waals surface area contributed by atoms with E-state index in [0.29, 0.717) is 0 Å². The first-order valence-corrected chi connectivity index (χ1v) is 5.59. The fourth-order valence-electron chi connectivity index (χ4n) is 1.69. The Kier molecular flexibility index (Phi) is 3.41. The highest BCUT2D eigenvalue weighted by Crippen LogP contribution is 2.37. The van der Waals surface area contributed by atoms with Crippen molar-refractivity contribution in [2.45, 2.75) is 6.18 Å². The van der Waals surface area contributed by atoms with Crippen molar-refractivity contribution in [3.63, 3.8) is 0 Å². The lowest BCUT2D eigenvalue weighted by Gasteiger charge is -2.12. The van der Waals surface area contributed by atoms with Gasteiger partial charge in [0.05, 0.1) is 5.56 Å². The van der Waals surface area contributed by atoms with Gasteiger partial charge in [0.1, 0.15) is 5.82 Å². The second-order valence-electron chi connectivity index (χ2n) is 3.92. The Bertz CT molecular complexity index is 623. The molecule has 0 fully saturated rings. The van der Waals surface area contributed by atoms with E-state index >= 15 is 0 Å². The van der Waals surface area contributed by atoms with Crippen LogP contribution >= 0.6 is 11.6 Å². The van der Waals surface area contributed by atoms with Crippen molar-refractivity contribution in [3.05, 3.63) is 52.8 Å². The minimum atomic E-state index is -4.47. The highest BCUT2D eigenvalue weighted by Gasteiger charge is 2.30. The van der Waals surface area contributed by atoms with Crippen molar-refractivity contribution >= 4 is 17.3 Å². The van der Waals surface area contributed by atoms with Crippen molar-refractivity contribution < 1.29 is 17.6 Å². The Hall–Kier alpha value is -1.75. The van der Waals surface area contributed by atoms with E-state index in [1.165, 1.54) is 12.1 Å². The van der Waals surface area contributed by atoms with Crippen LogP contribution in [0, 0.1) is 5.82 Å². The predicted molar refractivity (Wildman–Crippen MR) is 66.3 cm³/mol. The lowest BCUT2D eigenvalue weighted by Crippen LogP contribution is -2.06. The minimum absolute atomic E-state index is 0.109. The van der Waals surface area contributed by atoms with Crippen LogP contribution in [-0.4, -0.2) is 0 Å². The van der Waals surface area contributed by atoms with E-state index in [9.17, 15) is 17.6 Å². The molecule has 2 rings (SSSR count). The average Bonchev–Trinajstić information content (AvgIpc) is 2.31. The molecule has 0 radical (unpaired) electrons.